The summed E-state index contributed by atoms with van der Waals surface area (Å²) in [4.78, 5) is 22.2. The van der Waals surface area contributed by atoms with Crippen LogP contribution in [-0.2, 0) is 16.6 Å². The van der Waals surface area contributed by atoms with Gasteiger partial charge in [0.2, 0.25) is 10.0 Å². The molecule has 3 N–H and O–H groups in total. The van der Waals surface area contributed by atoms with Gasteiger partial charge in [0.25, 0.3) is 11.6 Å². The van der Waals surface area contributed by atoms with Crippen molar-refractivity contribution in [3.8, 4) is 5.75 Å². The number of hydrogen-bond acceptors (Lipinski definition) is 6. The number of benzene rings is 2. The highest BCUT2D eigenvalue weighted by molar-refractivity contribution is 7.89. The van der Waals surface area contributed by atoms with Crippen LogP contribution in [0, 0.1) is 10.1 Å². The third kappa shape index (κ3) is 4.31. The summed E-state index contributed by atoms with van der Waals surface area (Å²) >= 11 is 0. The SMILES string of the molecule is CNS(=O)(=O)c1ccc(C(=O)NCc2cc([N+](=O)[O-])ccc2O)cc1. The van der Waals surface area contributed by atoms with Gasteiger partial charge >= 0.3 is 0 Å². The van der Waals surface area contributed by atoms with Crippen LogP contribution in [0.2, 0.25) is 0 Å². The number of amides is 1. The van der Waals surface area contributed by atoms with Crippen LogP contribution >= 0.6 is 0 Å². The molecule has 0 aliphatic rings. The van der Waals surface area contributed by atoms with Crippen molar-refractivity contribution in [1.82, 2.24) is 10.0 Å². The zero-order valence-electron chi connectivity index (χ0n) is 13.1. The lowest BCUT2D eigenvalue weighted by Crippen LogP contribution is -2.23. The molecule has 0 heterocycles. The number of nitro benzene ring substituents is 1. The Hall–Kier alpha value is -2.98. The average molecular weight is 365 g/mol. The minimum absolute atomic E-state index is 0.0166. The number of phenols is 1. The van der Waals surface area contributed by atoms with Crippen molar-refractivity contribution in [3.05, 3.63) is 63.7 Å². The monoisotopic (exact) mass is 365 g/mol. The first kappa shape index (κ1) is 18.4. The first-order valence-electron chi connectivity index (χ1n) is 7.02. The molecular weight excluding hydrogens is 350 g/mol. The average Bonchev–Trinajstić information content (AvgIpc) is 2.60. The topological polar surface area (TPSA) is 139 Å². The minimum Gasteiger partial charge on any atom is -0.508 e. The molecule has 0 bridgehead atoms. The van der Waals surface area contributed by atoms with Gasteiger partial charge in [-0.3, -0.25) is 14.9 Å². The highest BCUT2D eigenvalue weighted by Gasteiger charge is 2.14. The lowest BCUT2D eigenvalue weighted by molar-refractivity contribution is -0.384. The standard InChI is InChI=1S/C15H15N3O6S/c1-16-25(23,24)13-5-2-10(3-6-13)15(20)17-9-11-8-12(18(21)22)4-7-14(11)19/h2-8,16,19H,9H2,1H3,(H,17,20). The van der Waals surface area contributed by atoms with Gasteiger partial charge in [0, 0.05) is 29.8 Å². The van der Waals surface area contributed by atoms with Crippen molar-refractivity contribution in [2.75, 3.05) is 7.05 Å². The van der Waals surface area contributed by atoms with E-state index in [9.17, 15) is 28.4 Å². The van der Waals surface area contributed by atoms with E-state index in [2.05, 4.69) is 10.0 Å². The van der Waals surface area contributed by atoms with E-state index in [1.54, 1.807) is 0 Å². The van der Waals surface area contributed by atoms with Crippen LogP contribution in [0.25, 0.3) is 0 Å². The number of hydrogen-bond donors (Lipinski definition) is 3. The van der Waals surface area contributed by atoms with Crippen LogP contribution in [0.4, 0.5) is 5.69 Å². The molecule has 2 rings (SSSR count). The molecule has 1 amide bonds. The molecule has 0 radical (unpaired) electrons. The highest BCUT2D eigenvalue weighted by Crippen LogP contribution is 2.22. The summed E-state index contributed by atoms with van der Waals surface area (Å²) in [5.74, 6) is -0.694. The zero-order valence-corrected chi connectivity index (χ0v) is 13.9. The van der Waals surface area contributed by atoms with Gasteiger partial charge in [-0.05, 0) is 37.4 Å². The molecule has 0 spiro atoms. The van der Waals surface area contributed by atoms with Crippen LogP contribution < -0.4 is 10.0 Å². The number of sulfonamides is 1. The molecule has 132 valence electrons. The van der Waals surface area contributed by atoms with E-state index in [4.69, 9.17) is 0 Å². The number of non-ortho nitro benzene ring substituents is 1. The molecule has 0 aliphatic heterocycles. The molecule has 0 unspecified atom stereocenters. The van der Waals surface area contributed by atoms with Gasteiger partial charge in [0.05, 0.1) is 9.82 Å². The van der Waals surface area contributed by atoms with Crippen molar-refractivity contribution in [2.45, 2.75) is 11.4 Å². The molecule has 0 atom stereocenters. The van der Waals surface area contributed by atoms with Gasteiger partial charge in [-0.1, -0.05) is 0 Å². The van der Waals surface area contributed by atoms with Crippen LogP contribution in [0.15, 0.2) is 47.4 Å². The van der Waals surface area contributed by atoms with Crippen molar-refractivity contribution in [1.29, 1.82) is 0 Å². The Morgan fingerprint density at radius 3 is 2.40 bits per heavy atom. The fourth-order valence-electron chi connectivity index (χ4n) is 2.01. The molecule has 2 aromatic carbocycles. The van der Waals surface area contributed by atoms with Crippen LogP contribution in [0.3, 0.4) is 0 Å². The molecule has 2 aromatic rings. The Balaban J connectivity index is 2.11. The van der Waals surface area contributed by atoms with Crippen molar-refractivity contribution >= 4 is 21.6 Å². The van der Waals surface area contributed by atoms with Crippen LogP contribution in [0.1, 0.15) is 15.9 Å². The maximum absolute atomic E-state index is 12.1. The third-order valence-electron chi connectivity index (χ3n) is 3.41. The van der Waals surface area contributed by atoms with Gasteiger partial charge in [0.1, 0.15) is 5.75 Å². The number of aromatic hydroxyl groups is 1. The zero-order chi connectivity index (χ0) is 18.6. The van der Waals surface area contributed by atoms with Crippen LogP contribution in [-0.4, -0.2) is 31.4 Å². The first-order chi connectivity index (χ1) is 11.7. The van der Waals surface area contributed by atoms with Crippen molar-refractivity contribution in [3.63, 3.8) is 0 Å². The van der Waals surface area contributed by atoms with Gasteiger partial charge in [-0.15, -0.1) is 0 Å². The largest absolute Gasteiger partial charge is 0.508 e. The smallest absolute Gasteiger partial charge is 0.270 e. The Morgan fingerprint density at radius 1 is 1.20 bits per heavy atom. The molecule has 0 saturated heterocycles. The Kier molecular flexibility index (Phi) is 5.35. The van der Waals surface area contributed by atoms with Crippen LogP contribution in [0.5, 0.6) is 5.75 Å². The first-order valence-corrected chi connectivity index (χ1v) is 8.51. The Bertz CT molecular complexity index is 909. The van der Waals surface area contributed by atoms with E-state index in [1.807, 2.05) is 0 Å². The fourth-order valence-corrected chi connectivity index (χ4v) is 2.74. The fraction of sp³-hybridized carbons (Fsp3) is 0.133. The second-order valence-electron chi connectivity index (χ2n) is 4.98. The molecule has 0 aliphatic carbocycles. The van der Waals surface area contributed by atoms with Crippen molar-refractivity contribution < 1.29 is 23.2 Å². The van der Waals surface area contributed by atoms with E-state index < -0.39 is 20.9 Å². The third-order valence-corrected chi connectivity index (χ3v) is 4.84. The molecule has 9 nitrogen and oxygen atoms in total. The molecule has 25 heavy (non-hydrogen) atoms. The number of nitrogens with zero attached hydrogens (tertiary/aromatic N) is 1. The number of rotatable bonds is 6. The summed E-state index contributed by atoms with van der Waals surface area (Å²) in [5, 5.41) is 23.0. The maximum Gasteiger partial charge on any atom is 0.270 e. The van der Waals surface area contributed by atoms with Gasteiger partial charge < -0.3 is 10.4 Å². The second kappa shape index (κ2) is 7.28. The number of carbonyl (C=O) groups is 1. The number of carbonyl (C=O) groups excluding carboxylic acids is 1. The van der Waals surface area contributed by atoms with Gasteiger partial charge in [-0.25, -0.2) is 13.1 Å². The summed E-state index contributed by atoms with van der Waals surface area (Å²) in [6, 6.07) is 8.74. The summed E-state index contributed by atoms with van der Waals surface area (Å²) in [7, 11) is -2.31. The number of nitrogens with one attached hydrogen (secondary N) is 2. The Labute approximate surface area is 143 Å². The molecule has 0 fully saturated rings. The quantitative estimate of drug-likeness (QED) is 0.518. The normalized spacial score (nSPS) is 11.1. The molecule has 0 aromatic heterocycles. The van der Waals surface area contributed by atoms with E-state index >= 15 is 0 Å². The van der Waals surface area contributed by atoms with E-state index in [1.165, 1.54) is 37.4 Å². The molecular formula is C15H15N3O6S. The molecule has 10 heteroatoms. The second-order valence-corrected chi connectivity index (χ2v) is 6.87. The van der Waals surface area contributed by atoms with Crippen molar-refractivity contribution in [2.24, 2.45) is 0 Å². The predicted molar refractivity (Wildman–Crippen MR) is 88.6 cm³/mol. The van der Waals surface area contributed by atoms with E-state index in [0.29, 0.717) is 0 Å². The highest BCUT2D eigenvalue weighted by atomic mass is 32.2. The van der Waals surface area contributed by atoms with Gasteiger partial charge in [0.15, 0.2) is 0 Å². The van der Waals surface area contributed by atoms with E-state index in [-0.39, 0.29) is 34.0 Å². The van der Waals surface area contributed by atoms with E-state index in [0.717, 1.165) is 12.1 Å². The minimum atomic E-state index is -3.59. The summed E-state index contributed by atoms with van der Waals surface area (Å²) < 4.78 is 25.4. The summed E-state index contributed by atoms with van der Waals surface area (Å²) in [5.41, 5.74) is 0.195. The predicted octanol–water partition coefficient (Wildman–Crippen LogP) is 1.14. The summed E-state index contributed by atoms with van der Waals surface area (Å²) in [6.07, 6.45) is 0. The maximum atomic E-state index is 12.1. The lowest BCUT2D eigenvalue weighted by atomic mass is 10.1. The molecule has 0 saturated carbocycles. The Morgan fingerprint density at radius 2 is 1.84 bits per heavy atom. The number of phenolic OH excluding ortho intramolecular Hbond substituents is 1. The lowest BCUT2D eigenvalue weighted by Gasteiger charge is -2.08. The summed E-state index contributed by atoms with van der Waals surface area (Å²) in [6.45, 7) is -0.122. The van der Waals surface area contributed by atoms with Gasteiger partial charge in [-0.2, -0.15) is 0 Å². The number of nitro groups is 1.